The smallest absolute Gasteiger partial charge is 0.227 e. The van der Waals surface area contributed by atoms with E-state index in [1.54, 1.807) is 0 Å². The summed E-state index contributed by atoms with van der Waals surface area (Å²) >= 11 is 0. The Hall–Kier alpha value is -3.64. The molecule has 2 aromatic carbocycles. The van der Waals surface area contributed by atoms with Gasteiger partial charge in [0.1, 0.15) is 12.4 Å². The lowest BCUT2D eigenvalue weighted by atomic mass is 9.95. The summed E-state index contributed by atoms with van der Waals surface area (Å²) in [5.74, 6) is 1.31. The average Bonchev–Trinajstić information content (AvgIpc) is 3.55. The highest BCUT2D eigenvalue weighted by atomic mass is 16.1. The summed E-state index contributed by atoms with van der Waals surface area (Å²) in [5, 5.41) is 7.87. The molecule has 2 aromatic heterocycles. The average molecular weight is 455 g/mol. The monoisotopic (exact) mass is 454 g/mol. The van der Waals surface area contributed by atoms with Crippen molar-refractivity contribution in [2.45, 2.75) is 32.7 Å². The molecule has 1 saturated heterocycles. The number of carbonyl (C=O) groups is 1. The van der Waals surface area contributed by atoms with Crippen LogP contribution >= 0.6 is 0 Å². The number of amides is 1. The first kappa shape index (κ1) is 22.2. The number of aryl methyl sites for hydroxylation is 1. The van der Waals surface area contributed by atoms with Gasteiger partial charge in [-0.25, -0.2) is 4.68 Å². The molecule has 1 amide bonds. The second-order valence-electron chi connectivity index (χ2n) is 9.08. The van der Waals surface area contributed by atoms with Crippen LogP contribution in [0, 0.1) is 5.92 Å². The Labute approximate surface area is 200 Å². The Morgan fingerprint density at radius 2 is 1.79 bits per heavy atom. The maximum Gasteiger partial charge on any atom is 0.227 e. The molecule has 0 unspecified atom stereocenters. The number of quaternary nitrogens is 1. The van der Waals surface area contributed by atoms with Crippen LogP contribution < -0.4 is 10.2 Å². The number of hydrogen-bond donors (Lipinski definition) is 2. The highest BCUT2D eigenvalue weighted by molar-refractivity contribution is 5.92. The molecule has 0 spiro atoms. The quantitative estimate of drug-likeness (QED) is 0.448. The van der Waals surface area contributed by atoms with E-state index in [4.69, 9.17) is 5.10 Å². The molecule has 1 aliphatic heterocycles. The van der Waals surface area contributed by atoms with E-state index in [1.807, 2.05) is 53.3 Å². The first-order valence-electron chi connectivity index (χ1n) is 12.2. The molecule has 0 saturated carbocycles. The third kappa shape index (κ3) is 4.82. The third-order valence-electron chi connectivity index (χ3n) is 6.77. The molecule has 4 aromatic rings. The first-order valence-corrected chi connectivity index (χ1v) is 12.2. The van der Waals surface area contributed by atoms with Crippen LogP contribution in [0.3, 0.4) is 0 Å². The number of nitrogens with one attached hydrogen (secondary N) is 2. The summed E-state index contributed by atoms with van der Waals surface area (Å²) in [5.41, 5.74) is 4.42. The lowest BCUT2D eigenvalue weighted by Crippen LogP contribution is -3.11. The van der Waals surface area contributed by atoms with E-state index in [0.29, 0.717) is 0 Å². The van der Waals surface area contributed by atoms with Gasteiger partial charge in [0, 0.05) is 36.8 Å². The van der Waals surface area contributed by atoms with Crippen molar-refractivity contribution >= 4 is 11.6 Å². The van der Waals surface area contributed by atoms with E-state index in [-0.39, 0.29) is 11.8 Å². The number of para-hydroxylation sites is 1. The molecule has 5 rings (SSSR count). The molecule has 0 aliphatic carbocycles. The number of benzene rings is 2. The fourth-order valence-electron chi connectivity index (χ4n) is 4.86. The number of piperidine rings is 1. The Morgan fingerprint density at radius 3 is 2.53 bits per heavy atom. The number of likely N-dealkylation sites (tertiary alicyclic amines) is 1. The molecule has 174 valence electrons. The second kappa shape index (κ2) is 10.1. The highest BCUT2D eigenvalue weighted by Crippen LogP contribution is 2.20. The van der Waals surface area contributed by atoms with E-state index in [1.165, 1.54) is 16.0 Å². The number of anilines is 1. The van der Waals surface area contributed by atoms with Gasteiger partial charge in [0.2, 0.25) is 5.91 Å². The van der Waals surface area contributed by atoms with Gasteiger partial charge in [0.25, 0.3) is 0 Å². The van der Waals surface area contributed by atoms with Crippen LogP contribution in [0.1, 0.15) is 30.9 Å². The number of aromatic nitrogens is 3. The minimum atomic E-state index is 0.0741. The van der Waals surface area contributed by atoms with Crippen LogP contribution in [0.5, 0.6) is 0 Å². The molecule has 0 radical (unpaired) electrons. The van der Waals surface area contributed by atoms with E-state index >= 15 is 0 Å². The molecular formula is C28H32N5O+. The van der Waals surface area contributed by atoms with E-state index < -0.39 is 0 Å². The zero-order chi connectivity index (χ0) is 23.3. The largest absolute Gasteiger partial charge is 0.331 e. The predicted octanol–water partition coefficient (Wildman–Crippen LogP) is 3.66. The fraction of sp³-hybridized carbons (Fsp3) is 0.286. The molecule has 6 heteroatoms. The molecule has 3 heterocycles. The zero-order valence-corrected chi connectivity index (χ0v) is 19.7. The Bertz CT molecular complexity index is 1220. The molecule has 0 atom stereocenters. The predicted molar refractivity (Wildman–Crippen MR) is 134 cm³/mol. The third-order valence-corrected chi connectivity index (χ3v) is 6.77. The SMILES string of the molecule is CCc1cccc(NC(=O)C2CC[NH+](Cc3cnn(-c4ccccc4)c3-n3cccc3)CC2)c1. The van der Waals surface area contributed by atoms with E-state index in [9.17, 15) is 4.79 Å². The highest BCUT2D eigenvalue weighted by Gasteiger charge is 2.29. The fourth-order valence-corrected chi connectivity index (χ4v) is 4.86. The second-order valence-corrected chi connectivity index (χ2v) is 9.08. The van der Waals surface area contributed by atoms with Crippen molar-refractivity contribution in [1.29, 1.82) is 0 Å². The molecule has 34 heavy (non-hydrogen) atoms. The van der Waals surface area contributed by atoms with Crippen LogP contribution in [-0.2, 0) is 17.8 Å². The van der Waals surface area contributed by atoms with Crippen LogP contribution in [0.15, 0.2) is 85.3 Å². The van der Waals surface area contributed by atoms with Gasteiger partial charge in [0.05, 0.1) is 30.5 Å². The normalized spacial score (nSPS) is 18.0. The van der Waals surface area contributed by atoms with Crippen molar-refractivity contribution in [3.8, 4) is 11.5 Å². The number of nitrogens with zero attached hydrogens (tertiary/aromatic N) is 3. The van der Waals surface area contributed by atoms with Gasteiger partial charge in [-0.1, -0.05) is 37.3 Å². The van der Waals surface area contributed by atoms with Gasteiger partial charge < -0.3 is 14.8 Å². The number of hydrogen-bond acceptors (Lipinski definition) is 2. The Morgan fingerprint density at radius 1 is 1.03 bits per heavy atom. The molecule has 1 aliphatic rings. The Kier molecular flexibility index (Phi) is 6.58. The van der Waals surface area contributed by atoms with Crippen molar-refractivity contribution in [1.82, 2.24) is 14.3 Å². The lowest BCUT2D eigenvalue weighted by Gasteiger charge is -2.28. The first-order chi connectivity index (χ1) is 16.7. The molecule has 6 nitrogen and oxygen atoms in total. The summed E-state index contributed by atoms with van der Waals surface area (Å²) in [7, 11) is 0. The van der Waals surface area contributed by atoms with Gasteiger partial charge in [-0.15, -0.1) is 0 Å². The van der Waals surface area contributed by atoms with Gasteiger partial charge in [0.15, 0.2) is 0 Å². The maximum atomic E-state index is 12.9. The summed E-state index contributed by atoms with van der Waals surface area (Å²) in [4.78, 5) is 14.4. The van der Waals surface area contributed by atoms with E-state index in [0.717, 1.165) is 56.1 Å². The van der Waals surface area contributed by atoms with Crippen molar-refractivity contribution in [3.63, 3.8) is 0 Å². The summed E-state index contributed by atoms with van der Waals surface area (Å²) < 4.78 is 4.15. The van der Waals surface area contributed by atoms with Crippen LogP contribution in [0.4, 0.5) is 5.69 Å². The zero-order valence-electron chi connectivity index (χ0n) is 19.7. The van der Waals surface area contributed by atoms with Crippen molar-refractivity contribution in [3.05, 3.63) is 96.4 Å². The minimum absolute atomic E-state index is 0.0741. The van der Waals surface area contributed by atoms with Gasteiger partial charge >= 0.3 is 0 Å². The topological polar surface area (TPSA) is 56.3 Å². The lowest BCUT2D eigenvalue weighted by molar-refractivity contribution is -0.919. The molecule has 0 bridgehead atoms. The van der Waals surface area contributed by atoms with Crippen LogP contribution in [0.2, 0.25) is 0 Å². The van der Waals surface area contributed by atoms with Gasteiger partial charge in [-0.3, -0.25) is 4.79 Å². The van der Waals surface area contributed by atoms with Crippen molar-refractivity contribution in [2.24, 2.45) is 5.92 Å². The molecule has 1 fully saturated rings. The minimum Gasteiger partial charge on any atom is -0.331 e. The van der Waals surface area contributed by atoms with Crippen LogP contribution in [0.25, 0.3) is 11.5 Å². The summed E-state index contributed by atoms with van der Waals surface area (Å²) in [6.45, 7) is 4.99. The number of carbonyl (C=O) groups excluding carboxylic acids is 1. The van der Waals surface area contributed by atoms with Gasteiger partial charge in [-0.2, -0.15) is 5.10 Å². The van der Waals surface area contributed by atoms with Gasteiger partial charge in [-0.05, 0) is 48.4 Å². The molecule has 2 N–H and O–H groups in total. The number of rotatable bonds is 7. The molecular weight excluding hydrogens is 422 g/mol. The summed E-state index contributed by atoms with van der Waals surface area (Å²) in [6, 6.07) is 22.5. The van der Waals surface area contributed by atoms with Crippen molar-refractivity contribution < 1.29 is 9.69 Å². The Balaban J connectivity index is 1.25. The van der Waals surface area contributed by atoms with Crippen LogP contribution in [-0.4, -0.2) is 33.3 Å². The maximum absolute atomic E-state index is 12.9. The standard InChI is InChI=1S/C28H31N5O/c1-2-22-9-8-10-25(19-22)30-27(34)23-13-17-31(18-14-23)21-24-20-29-33(26-11-4-3-5-12-26)28(24)32-15-6-7-16-32/h3-12,15-16,19-20,23H,2,13-14,17-18,21H2,1H3,(H,30,34)/p+1. The van der Waals surface area contributed by atoms with E-state index in [2.05, 4.69) is 53.5 Å². The van der Waals surface area contributed by atoms with Crippen molar-refractivity contribution in [2.75, 3.05) is 18.4 Å². The summed E-state index contributed by atoms with van der Waals surface area (Å²) in [6.07, 6.45) is 8.91.